The summed E-state index contributed by atoms with van der Waals surface area (Å²) in [4.78, 5) is 22.0. The number of hydrogen-bond acceptors (Lipinski definition) is 5. The molecule has 0 aromatic carbocycles. The largest absolute Gasteiger partial charge is 0.465 e. The zero-order valence-corrected chi connectivity index (χ0v) is 7.98. The Bertz CT molecular complexity index is 299. The highest BCUT2D eigenvalue weighted by molar-refractivity contribution is 5.94. The van der Waals surface area contributed by atoms with Gasteiger partial charge in [0.05, 0.1) is 18.7 Å². The average molecular weight is 194 g/mol. The third kappa shape index (κ3) is 2.08. The first-order valence-electron chi connectivity index (χ1n) is 3.99. The molecule has 0 rings (SSSR count). The maximum absolute atomic E-state index is 11.3. The summed E-state index contributed by atoms with van der Waals surface area (Å²) in [6.45, 7) is 2.90. The molecule has 0 aliphatic heterocycles. The fraction of sp³-hybridized carbons (Fsp3) is 0.556. The first-order valence-corrected chi connectivity index (χ1v) is 3.99. The smallest absolute Gasteiger partial charge is 0.321 e. The van der Waals surface area contributed by atoms with Crippen LogP contribution >= 0.6 is 0 Å². The molecule has 0 N–H and O–H groups in total. The zero-order chi connectivity index (χ0) is 11.2. The van der Waals surface area contributed by atoms with Crippen LogP contribution in [0.5, 0.6) is 0 Å². The molecule has 0 saturated heterocycles. The number of rotatable bonds is 4. The standard InChI is InChI=1S/C9H10N2O3/c1-3-14-8(13)9(2,6-12)7(4-10)5-11/h6-7H,3H2,1-2H3. The lowest BCUT2D eigenvalue weighted by Gasteiger charge is -2.20. The van der Waals surface area contributed by atoms with Gasteiger partial charge in [-0.15, -0.1) is 0 Å². The summed E-state index contributed by atoms with van der Waals surface area (Å²) >= 11 is 0. The van der Waals surface area contributed by atoms with Crippen LogP contribution in [0, 0.1) is 34.0 Å². The molecule has 0 heterocycles. The van der Waals surface area contributed by atoms with Crippen LogP contribution in [0.2, 0.25) is 0 Å². The number of hydrogen-bond donors (Lipinski definition) is 0. The van der Waals surface area contributed by atoms with E-state index in [4.69, 9.17) is 10.5 Å². The fourth-order valence-corrected chi connectivity index (χ4v) is 0.818. The van der Waals surface area contributed by atoms with Crippen molar-refractivity contribution in [3.8, 4) is 12.1 Å². The second-order valence-electron chi connectivity index (χ2n) is 2.81. The number of aldehydes is 1. The second-order valence-corrected chi connectivity index (χ2v) is 2.81. The fourth-order valence-electron chi connectivity index (χ4n) is 0.818. The van der Waals surface area contributed by atoms with Crippen molar-refractivity contribution in [3.63, 3.8) is 0 Å². The van der Waals surface area contributed by atoms with Gasteiger partial charge >= 0.3 is 5.97 Å². The molecule has 5 nitrogen and oxygen atoms in total. The summed E-state index contributed by atoms with van der Waals surface area (Å²) in [6, 6.07) is 3.18. The van der Waals surface area contributed by atoms with E-state index in [1.165, 1.54) is 6.92 Å². The summed E-state index contributed by atoms with van der Waals surface area (Å²) in [7, 11) is 0. The zero-order valence-electron chi connectivity index (χ0n) is 7.98. The molecule has 0 aromatic heterocycles. The molecule has 1 atom stereocenters. The lowest BCUT2D eigenvalue weighted by atomic mass is 9.80. The number of carbonyl (C=O) groups is 2. The van der Waals surface area contributed by atoms with E-state index >= 15 is 0 Å². The summed E-state index contributed by atoms with van der Waals surface area (Å²) < 4.78 is 4.61. The highest BCUT2D eigenvalue weighted by Gasteiger charge is 2.43. The van der Waals surface area contributed by atoms with E-state index in [1.807, 2.05) is 0 Å². The Labute approximate surface area is 81.9 Å². The third-order valence-corrected chi connectivity index (χ3v) is 1.82. The number of carbonyl (C=O) groups excluding carboxylic acids is 2. The van der Waals surface area contributed by atoms with E-state index in [0.29, 0.717) is 0 Å². The van der Waals surface area contributed by atoms with E-state index in [1.54, 1.807) is 19.1 Å². The van der Waals surface area contributed by atoms with Crippen molar-refractivity contribution in [3.05, 3.63) is 0 Å². The van der Waals surface area contributed by atoms with Gasteiger partial charge in [-0.1, -0.05) is 0 Å². The molecule has 0 saturated carbocycles. The molecule has 5 heteroatoms. The van der Waals surface area contributed by atoms with Crippen molar-refractivity contribution in [1.29, 1.82) is 10.5 Å². The van der Waals surface area contributed by atoms with Gasteiger partial charge in [0.25, 0.3) is 0 Å². The number of ether oxygens (including phenoxy) is 1. The molecule has 0 amide bonds. The van der Waals surface area contributed by atoms with Gasteiger partial charge in [-0.05, 0) is 13.8 Å². The van der Waals surface area contributed by atoms with E-state index in [0.717, 1.165) is 0 Å². The Morgan fingerprint density at radius 3 is 2.36 bits per heavy atom. The van der Waals surface area contributed by atoms with Gasteiger partial charge in [0.2, 0.25) is 0 Å². The minimum atomic E-state index is -1.69. The molecule has 14 heavy (non-hydrogen) atoms. The lowest BCUT2D eigenvalue weighted by molar-refractivity contribution is -0.157. The van der Waals surface area contributed by atoms with Crippen LogP contribution in [-0.2, 0) is 14.3 Å². The normalized spacial score (nSPS) is 13.5. The van der Waals surface area contributed by atoms with Crippen LogP contribution in [-0.4, -0.2) is 18.9 Å². The minimum absolute atomic E-state index is 0.103. The molecule has 1 unspecified atom stereocenters. The molecule has 0 aliphatic carbocycles. The van der Waals surface area contributed by atoms with Crippen molar-refractivity contribution in [2.45, 2.75) is 13.8 Å². The lowest BCUT2D eigenvalue weighted by Crippen LogP contribution is -2.37. The average Bonchev–Trinajstić information content (AvgIpc) is 2.19. The summed E-state index contributed by atoms with van der Waals surface area (Å²) in [5.74, 6) is -2.16. The number of nitrogens with zero attached hydrogens (tertiary/aromatic N) is 2. The van der Waals surface area contributed by atoms with E-state index in [-0.39, 0.29) is 12.9 Å². The Balaban J connectivity index is 5.00. The van der Waals surface area contributed by atoms with Gasteiger partial charge in [0.15, 0.2) is 5.92 Å². The van der Waals surface area contributed by atoms with Crippen molar-refractivity contribution in [1.82, 2.24) is 0 Å². The molecular weight excluding hydrogens is 184 g/mol. The van der Waals surface area contributed by atoms with E-state index in [9.17, 15) is 9.59 Å². The van der Waals surface area contributed by atoms with Crippen molar-refractivity contribution >= 4 is 12.3 Å². The van der Waals surface area contributed by atoms with Gasteiger partial charge < -0.3 is 9.53 Å². The van der Waals surface area contributed by atoms with Gasteiger partial charge in [0.1, 0.15) is 11.7 Å². The number of nitriles is 2. The van der Waals surface area contributed by atoms with Gasteiger partial charge in [-0.25, -0.2) is 0 Å². The quantitative estimate of drug-likeness (QED) is 0.367. The third-order valence-electron chi connectivity index (χ3n) is 1.82. The van der Waals surface area contributed by atoms with Gasteiger partial charge in [0, 0.05) is 0 Å². The van der Waals surface area contributed by atoms with E-state index < -0.39 is 17.3 Å². The minimum Gasteiger partial charge on any atom is -0.465 e. The maximum atomic E-state index is 11.3. The van der Waals surface area contributed by atoms with Crippen LogP contribution in [0.15, 0.2) is 0 Å². The van der Waals surface area contributed by atoms with Crippen molar-refractivity contribution in [2.24, 2.45) is 11.3 Å². The van der Waals surface area contributed by atoms with Gasteiger partial charge in [-0.2, -0.15) is 10.5 Å². The molecule has 0 aliphatic rings. The summed E-state index contributed by atoms with van der Waals surface area (Å²) in [5, 5.41) is 17.1. The first kappa shape index (κ1) is 12.1. The predicted octanol–water partition coefficient (Wildman–Crippen LogP) is 0.418. The molecule has 0 fully saturated rings. The van der Waals surface area contributed by atoms with E-state index in [2.05, 4.69) is 4.74 Å². The Morgan fingerprint density at radius 1 is 1.57 bits per heavy atom. The number of esters is 1. The molecule has 0 bridgehead atoms. The van der Waals surface area contributed by atoms with Crippen molar-refractivity contribution < 1.29 is 14.3 Å². The highest BCUT2D eigenvalue weighted by atomic mass is 16.5. The maximum Gasteiger partial charge on any atom is 0.321 e. The van der Waals surface area contributed by atoms with Crippen molar-refractivity contribution in [2.75, 3.05) is 6.61 Å². The second kappa shape index (κ2) is 4.98. The Hall–Kier alpha value is -1.88. The van der Waals surface area contributed by atoms with Crippen LogP contribution in [0.1, 0.15) is 13.8 Å². The topological polar surface area (TPSA) is 90.9 Å². The summed E-state index contributed by atoms with van der Waals surface area (Å²) in [6.07, 6.45) is 0.280. The first-order chi connectivity index (χ1) is 6.56. The van der Waals surface area contributed by atoms with Crippen LogP contribution < -0.4 is 0 Å². The molecule has 0 aromatic rings. The summed E-state index contributed by atoms with van der Waals surface area (Å²) in [5.41, 5.74) is -1.69. The SMILES string of the molecule is CCOC(=O)C(C)(C=O)C(C#N)C#N. The van der Waals surface area contributed by atoms with Crippen LogP contribution in [0.3, 0.4) is 0 Å². The molecule has 0 spiro atoms. The molecule has 0 radical (unpaired) electrons. The monoisotopic (exact) mass is 194 g/mol. The molecule has 74 valence electrons. The Kier molecular flexibility index (Phi) is 4.31. The van der Waals surface area contributed by atoms with Gasteiger partial charge in [-0.3, -0.25) is 4.79 Å². The predicted molar refractivity (Wildman–Crippen MR) is 45.5 cm³/mol. The molecular formula is C9H10N2O3. The van der Waals surface area contributed by atoms with Crippen LogP contribution in [0.4, 0.5) is 0 Å². The highest BCUT2D eigenvalue weighted by Crippen LogP contribution is 2.25. The van der Waals surface area contributed by atoms with Crippen LogP contribution in [0.25, 0.3) is 0 Å². The Morgan fingerprint density at radius 2 is 2.07 bits per heavy atom.